The van der Waals surface area contributed by atoms with Crippen LogP contribution in [0.4, 0.5) is 5.82 Å². The van der Waals surface area contributed by atoms with Crippen LogP contribution in [0.25, 0.3) is 0 Å². The zero-order valence-electron chi connectivity index (χ0n) is 13.4. The van der Waals surface area contributed by atoms with E-state index in [0.29, 0.717) is 19.5 Å². The highest BCUT2D eigenvalue weighted by molar-refractivity contribution is 6.53. The molecule has 0 saturated carbocycles. The van der Waals surface area contributed by atoms with Crippen molar-refractivity contribution in [2.75, 3.05) is 44.7 Å². The molecule has 0 aromatic carbocycles. The van der Waals surface area contributed by atoms with Gasteiger partial charge < -0.3 is 14.7 Å². The van der Waals surface area contributed by atoms with Gasteiger partial charge in [0, 0.05) is 44.7 Å². The Bertz CT molecular complexity index is 602. The summed E-state index contributed by atoms with van der Waals surface area (Å²) in [6.07, 6.45) is 0.714. The van der Waals surface area contributed by atoms with Crippen molar-refractivity contribution in [3.63, 3.8) is 0 Å². The highest BCUT2D eigenvalue weighted by Crippen LogP contribution is 2.28. The Labute approximate surface area is 146 Å². The summed E-state index contributed by atoms with van der Waals surface area (Å²) in [5.74, 6) is 1.49. The fourth-order valence-electron chi connectivity index (χ4n) is 3.12. The average molecular weight is 358 g/mol. The van der Waals surface area contributed by atoms with E-state index in [0.717, 1.165) is 49.1 Å². The molecular weight excluding hydrogens is 337 g/mol. The second kappa shape index (κ2) is 6.79. The van der Waals surface area contributed by atoms with E-state index in [1.807, 2.05) is 6.92 Å². The van der Waals surface area contributed by atoms with Crippen molar-refractivity contribution >= 4 is 34.9 Å². The van der Waals surface area contributed by atoms with E-state index >= 15 is 0 Å². The van der Waals surface area contributed by atoms with Crippen LogP contribution >= 0.6 is 23.2 Å². The van der Waals surface area contributed by atoms with Crippen LogP contribution in [-0.2, 0) is 17.8 Å². The van der Waals surface area contributed by atoms with Gasteiger partial charge in [-0.15, -0.1) is 0 Å². The number of aromatic nitrogens is 2. The monoisotopic (exact) mass is 357 g/mol. The summed E-state index contributed by atoms with van der Waals surface area (Å²) in [7, 11) is 2.12. The predicted molar refractivity (Wildman–Crippen MR) is 91.1 cm³/mol. The molecule has 0 N–H and O–H groups in total. The summed E-state index contributed by atoms with van der Waals surface area (Å²) >= 11 is 11.5. The number of anilines is 1. The molecule has 0 atom stereocenters. The normalized spacial score (nSPS) is 19.2. The summed E-state index contributed by atoms with van der Waals surface area (Å²) in [6, 6.07) is 0. The van der Waals surface area contributed by atoms with Gasteiger partial charge >= 0.3 is 0 Å². The molecule has 3 heterocycles. The number of carbonyl (C=O) groups is 1. The number of hydrogen-bond donors (Lipinski definition) is 0. The van der Waals surface area contributed by atoms with Crippen LogP contribution in [0.2, 0.25) is 0 Å². The second-order valence-corrected chi connectivity index (χ2v) is 7.22. The minimum atomic E-state index is -1.02. The zero-order valence-corrected chi connectivity index (χ0v) is 14.9. The number of aryl methyl sites for hydroxylation is 1. The number of fused-ring (bicyclic) bond motifs is 1. The third kappa shape index (κ3) is 3.54. The smallest absolute Gasteiger partial charge is 0.256 e. The van der Waals surface area contributed by atoms with Gasteiger partial charge in [0.25, 0.3) is 5.91 Å². The van der Waals surface area contributed by atoms with Gasteiger partial charge in [0.05, 0.1) is 12.2 Å². The van der Waals surface area contributed by atoms with Gasteiger partial charge in [-0.05, 0) is 14.0 Å². The quantitative estimate of drug-likeness (QED) is 0.745. The van der Waals surface area contributed by atoms with Crippen molar-refractivity contribution in [3.05, 3.63) is 17.1 Å². The lowest BCUT2D eigenvalue weighted by atomic mass is 10.0. The van der Waals surface area contributed by atoms with E-state index < -0.39 is 4.84 Å². The summed E-state index contributed by atoms with van der Waals surface area (Å²) in [5.41, 5.74) is 2.07. The number of hydrogen-bond acceptors (Lipinski definition) is 5. The first-order valence-electron chi connectivity index (χ1n) is 7.82. The van der Waals surface area contributed by atoms with Crippen molar-refractivity contribution in [2.24, 2.45) is 0 Å². The Morgan fingerprint density at radius 1 is 1.13 bits per heavy atom. The Kier molecular flexibility index (Phi) is 4.94. The lowest BCUT2D eigenvalue weighted by molar-refractivity contribution is -0.130. The molecular formula is C15H21Cl2N5O. The van der Waals surface area contributed by atoms with Crippen molar-refractivity contribution in [3.8, 4) is 0 Å². The first kappa shape index (κ1) is 16.7. The molecule has 8 heteroatoms. The number of amides is 1. The fourth-order valence-corrected chi connectivity index (χ4v) is 3.40. The zero-order chi connectivity index (χ0) is 16.6. The van der Waals surface area contributed by atoms with Gasteiger partial charge in [-0.1, -0.05) is 23.2 Å². The van der Waals surface area contributed by atoms with Crippen LogP contribution in [0.3, 0.4) is 0 Å². The number of piperazine rings is 1. The number of halogens is 2. The van der Waals surface area contributed by atoms with Gasteiger partial charge in [0.15, 0.2) is 4.84 Å². The Morgan fingerprint density at radius 3 is 2.48 bits per heavy atom. The predicted octanol–water partition coefficient (Wildman–Crippen LogP) is 1.23. The molecule has 1 fully saturated rings. The van der Waals surface area contributed by atoms with Crippen molar-refractivity contribution < 1.29 is 4.79 Å². The average Bonchev–Trinajstić information content (AvgIpc) is 2.53. The number of likely N-dealkylation sites (N-methyl/N-ethyl adjacent to an activating group) is 1. The highest BCUT2D eigenvalue weighted by Gasteiger charge is 2.29. The van der Waals surface area contributed by atoms with Gasteiger partial charge in [0.2, 0.25) is 0 Å². The van der Waals surface area contributed by atoms with E-state index in [1.54, 1.807) is 4.90 Å². The van der Waals surface area contributed by atoms with Gasteiger partial charge in [-0.2, -0.15) is 0 Å². The van der Waals surface area contributed by atoms with Crippen LogP contribution in [0.1, 0.15) is 17.1 Å². The molecule has 1 amide bonds. The molecule has 2 aliphatic rings. The van der Waals surface area contributed by atoms with Gasteiger partial charge in [-0.3, -0.25) is 4.79 Å². The minimum Gasteiger partial charge on any atom is -0.354 e. The van der Waals surface area contributed by atoms with Crippen molar-refractivity contribution in [1.82, 2.24) is 19.8 Å². The van der Waals surface area contributed by atoms with Crippen LogP contribution in [0.5, 0.6) is 0 Å². The Morgan fingerprint density at radius 2 is 1.83 bits per heavy atom. The van der Waals surface area contributed by atoms with E-state index in [1.165, 1.54) is 0 Å². The standard InChI is InChI=1S/C15H21Cl2N5O/c1-10-18-12-3-4-22(15(23)13(16)17)9-11(12)14(19-10)21-7-5-20(2)6-8-21/h13H,3-9H2,1-2H3. The van der Waals surface area contributed by atoms with E-state index in [2.05, 4.69) is 26.8 Å². The molecule has 0 bridgehead atoms. The summed E-state index contributed by atoms with van der Waals surface area (Å²) in [6.45, 7) is 6.87. The molecule has 2 aliphatic heterocycles. The molecule has 0 unspecified atom stereocenters. The molecule has 1 aromatic rings. The summed E-state index contributed by atoms with van der Waals surface area (Å²) in [4.78, 5) is 26.6. The van der Waals surface area contributed by atoms with Crippen LogP contribution in [0.15, 0.2) is 0 Å². The highest BCUT2D eigenvalue weighted by atomic mass is 35.5. The first-order chi connectivity index (χ1) is 11.0. The van der Waals surface area contributed by atoms with Gasteiger partial charge in [0.1, 0.15) is 11.6 Å². The maximum atomic E-state index is 12.1. The number of carbonyl (C=O) groups excluding carboxylic acids is 1. The molecule has 126 valence electrons. The topological polar surface area (TPSA) is 52.6 Å². The molecule has 0 radical (unpaired) electrons. The minimum absolute atomic E-state index is 0.246. The number of rotatable bonds is 2. The molecule has 0 spiro atoms. The Hall–Kier alpha value is -1.11. The van der Waals surface area contributed by atoms with E-state index in [-0.39, 0.29) is 5.91 Å². The third-order valence-corrected chi connectivity index (χ3v) is 4.82. The van der Waals surface area contributed by atoms with E-state index in [9.17, 15) is 4.79 Å². The largest absolute Gasteiger partial charge is 0.354 e. The number of alkyl halides is 2. The lowest BCUT2D eigenvalue weighted by Crippen LogP contribution is -2.46. The van der Waals surface area contributed by atoms with Gasteiger partial charge in [-0.25, -0.2) is 9.97 Å². The van der Waals surface area contributed by atoms with E-state index in [4.69, 9.17) is 23.2 Å². The first-order valence-corrected chi connectivity index (χ1v) is 8.70. The summed E-state index contributed by atoms with van der Waals surface area (Å²) in [5, 5.41) is 0. The number of nitrogens with zero attached hydrogens (tertiary/aromatic N) is 5. The maximum absolute atomic E-state index is 12.1. The second-order valence-electron chi connectivity index (χ2n) is 6.12. The maximum Gasteiger partial charge on any atom is 0.256 e. The molecule has 0 aliphatic carbocycles. The fraction of sp³-hybridized carbons (Fsp3) is 0.667. The molecule has 1 saturated heterocycles. The Balaban J connectivity index is 1.90. The molecule has 6 nitrogen and oxygen atoms in total. The molecule has 3 rings (SSSR count). The van der Waals surface area contributed by atoms with Crippen molar-refractivity contribution in [2.45, 2.75) is 24.7 Å². The van der Waals surface area contributed by atoms with Crippen LogP contribution in [-0.4, -0.2) is 70.3 Å². The van der Waals surface area contributed by atoms with Crippen LogP contribution < -0.4 is 4.90 Å². The van der Waals surface area contributed by atoms with Crippen molar-refractivity contribution in [1.29, 1.82) is 0 Å². The molecule has 1 aromatic heterocycles. The van der Waals surface area contributed by atoms with Crippen LogP contribution in [0, 0.1) is 6.92 Å². The molecule has 23 heavy (non-hydrogen) atoms. The SMILES string of the molecule is Cc1nc2c(c(N3CCN(C)CC3)n1)CN(C(=O)C(Cl)Cl)CC2. The lowest BCUT2D eigenvalue weighted by Gasteiger charge is -2.37. The summed E-state index contributed by atoms with van der Waals surface area (Å²) < 4.78 is 0. The third-order valence-electron chi connectivity index (χ3n) is 4.45.